The lowest BCUT2D eigenvalue weighted by Gasteiger charge is -2.72. The van der Waals surface area contributed by atoms with Crippen LogP contribution in [0.1, 0.15) is 38.1 Å². The van der Waals surface area contributed by atoms with E-state index < -0.39 is 0 Å². The van der Waals surface area contributed by atoms with Crippen LogP contribution in [0, 0.1) is 11.3 Å². The third kappa shape index (κ3) is 1.12. The molecule has 3 saturated carbocycles. The van der Waals surface area contributed by atoms with Crippen molar-refractivity contribution in [2.45, 2.75) is 38.5 Å². The zero-order chi connectivity index (χ0) is 11.7. The molecule has 0 aliphatic heterocycles. The maximum absolute atomic E-state index is 4.85. The SMILES string of the molecule is CC(C)C12CC(c3nc4ccccc4s3)(C1)C2. The summed E-state index contributed by atoms with van der Waals surface area (Å²) >= 11 is 1.92. The topological polar surface area (TPSA) is 12.9 Å². The van der Waals surface area contributed by atoms with Gasteiger partial charge in [0.1, 0.15) is 5.01 Å². The molecule has 2 bridgehead atoms. The van der Waals surface area contributed by atoms with Crippen molar-refractivity contribution < 1.29 is 0 Å². The fourth-order valence-corrected chi connectivity index (χ4v) is 4.95. The lowest BCUT2D eigenvalue weighted by Crippen LogP contribution is -2.66. The van der Waals surface area contributed by atoms with E-state index in [0.717, 1.165) is 5.92 Å². The average Bonchev–Trinajstić information content (AvgIpc) is 2.55. The maximum atomic E-state index is 4.85. The molecular formula is C15H17NS. The summed E-state index contributed by atoms with van der Waals surface area (Å²) in [6.07, 6.45) is 4.16. The molecule has 0 spiro atoms. The van der Waals surface area contributed by atoms with E-state index in [1.54, 1.807) is 0 Å². The first-order chi connectivity index (χ1) is 8.14. The van der Waals surface area contributed by atoms with E-state index in [9.17, 15) is 0 Å². The summed E-state index contributed by atoms with van der Waals surface area (Å²) in [5, 5.41) is 1.40. The van der Waals surface area contributed by atoms with Crippen molar-refractivity contribution in [2.24, 2.45) is 11.3 Å². The summed E-state index contributed by atoms with van der Waals surface area (Å²) in [5.74, 6) is 0.846. The van der Waals surface area contributed by atoms with Crippen molar-refractivity contribution in [2.75, 3.05) is 0 Å². The van der Waals surface area contributed by atoms with Gasteiger partial charge in [-0.05, 0) is 42.7 Å². The van der Waals surface area contributed by atoms with E-state index in [0.29, 0.717) is 10.8 Å². The lowest BCUT2D eigenvalue weighted by atomic mass is 9.32. The van der Waals surface area contributed by atoms with Crippen molar-refractivity contribution in [3.05, 3.63) is 29.3 Å². The highest BCUT2D eigenvalue weighted by Crippen LogP contribution is 2.76. The van der Waals surface area contributed by atoms with Gasteiger partial charge >= 0.3 is 0 Å². The van der Waals surface area contributed by atoms with Crippen LogP contribution in [0.15, 0.2) is 24.3 Å². The Morgan fingerprint density at radius 1 is 1.18 bits per heavy atom. The van der Waals surface area contributed by atoms with E-state index in [2.05, 4.69) is 38.1 Å². The first-order valence-corrected chi connectivity index (χ1v) is 7.31. The van der Waals surface area contributed by atoms with Gasteiger partial charge in [-0.15, -0.1) is 11.3 Å². The number of hydrogen-bond acceptors (Lipinski definition) is 2. The molecule has 17 heavy (non-hydrogen) atoms. The molecule has 3 fully saturated rings. The van der Waals surface area contributed by atoms with Gasteiger partial charge in [-0.25, -0.2) is 4.98 Å². The van der Waals surface area contributed by atoms with Crippen LogP contribution < -0.4 is 0 Å². The molecule has 0 unspecified atom stereocenters. The molecule has 0 atom stereocenters. The summed E-state index contributed by atoms with van der Waals surface area (Å²) in [5.41, 5.74) is 2.35. The van der Waals surface area contributed by atoms with E-state index >= 15 is 0 Å². The van der Waals surface area contributed by atoms with Gasteiger partial charge in [-0.3, -0.25) is 0 Å². The second-order valence-corrected chi connectivity index (χ2v) is 7.35. The van der Waals surface area contributed by atoms with E-state index in [1.165, 1.54) is 34.5 Å². The average molecular weight is 243 g/mol. The highest BCUT2D eigenvalue weighted by molar-refractivity contribution is 7.18. The van der Waals surface area contributed by atoms with Crippen LogP contribution in [0.3, 0.4) is 0 Å². The number of para-hydroxylation sites is 1. The highest BCUT2D eigenvalue weighted by atomic mass is 32.1. The highest BCUT2D eigenvalue weighted by Gasteiger charge is 2.70. The standard InChI is InChI=1S/C15H17NS/c1-10(2)14-7-15(8-14,9-14)13-16-11-5-3-4-6-12(11)17-13/h3-6,10H,7-9H2,1-2H3. The van der Waals surface area contributed by atoms with Crippen LogP contribution in [-0.2, 0) is 5.41 Å². The van der Waals surface area contributed by atoms with Crippen LogP contribution in [0.25, 0.3) is 10.2 Å². The van der Waals surface area contributed by atoms with Gasteiger partial charge in [-0.2, -0.15) is 0 Å². The van der Waals surface area contributed by atoms with Gasteiger partial charge in [0.25, 0.3) is 0 Å². The molecular weight excluding hydrogens is 226 g/mol. The van der Waals surface area contributed by atoms with Gasteiger partial charge in [0.15, 0.2) is 0 Å². The Balaban J connectivity index is 1.70. The Bertz CT molecular complexity index is 543. The van der Waals surface area contributed by atoms with Gasteiger partial charge < -0.3 is 0 Å². The molecule has 88 valence electrons. The fourth-order valence-electron chi connectivity index (χ4n) is 3.80. The predicted octanol–water partition coefficient (Wildman–Crippen LogP) is 4.37. The van der Waals surface area contributed by atoms with Crippen LogP contribution in [0.2, 0.25) is 0 Å². The number of aromatic nitrogens is 1. The van der Waals surface area contributed by atoms with Gasteiger partial charge in [0, 0.05) is 5.41 Å². The number of rotatable bonds is 2. The normalized spacial score (nSPS) is 34.8. The third-order valence-corrected chi connectivity index (χ3v) is 6.33. The zero-order valence-corrected chi connectivity index (χ0v) is 11.2. The summed E-state index contributed by atoms with van der Waals surface area (Å²) in [6, 6.07) is 8.53. The molecule has 0 saturated heterocycles. The molecule has 1 heterocycles. The summed E-state index contributed by atoms with van der Waals surface area (Å²) in [7, 11) is 0. The van der Waals surface area contributed by atoms with Crippen molar-refractivity contribution in [3.8, 4) is 0 Å². The minimum absolute atomic E-state index is 0.480. The Kier molecular flexibility index (Phi) is 1.73. The minimum Gasteiger partial charge on any atom is -0.241 e. The Labute approximate surface area is 106 Å². The van der Waals surface area contributed by atoms with Crippen LogP contribution in [0.4, 0.5) is 0 Å². The Morgan fingerprint density at radius 2 is 1.88 bits per heavy atom. The molecule has 1 aromatic carbocycles. The van der Waals surface area contributed by atoms with Crippen LogP contribution in [0.5, 0.6) is 0 Å². The van der Waals surface area contributed by atoms with Crippen LogP contribution >= 0.6 is 11.3 Å². The molecule has 3 aliphatic rings. The largest absolute Gasteiger partial charge is 0.241 e. The second-order valence-electron chi connectivity index (χ2n) is 6.31. The van der Waals surface area contributed by atoms with Crippen LogP contribution in [-0.4, -0.2) is 4.98 Å². The van der Waals surface area contributed by atoms with Gasteiger partial charge in [-0.1, -0.05) is 26.0 Å². The summed E-state index contributed by atoms with van der Waals surface area (Å²) in [4.78, 5) is 4.85. The van der Waals surface area contributed by atoms with Crippen molar-refractivity contribution in [1.82, 2.24) is 4.98 Å². The summed E-state index contributed by atoms with van der Waals surface area (Å²) in [6.45, 7) is 4.75. The lowest BCUT2D eigenvalue weighted by molar-refractivity contribution is -0.172. The Morgan fingerprint density at radius 3 is 2.53 bits per heavy atom. The van der Waals surface area contributed by atoms with E-state index in [-0.39, 0.29) is 0 Å². The predicted molar refractivity (Wildman–Crippen MR) is 72.4 cm³/mol. The molecule has 3 aliphatic carbocycles. The number of nitrogens with zero attached hydrogens (tertiary/aromatic N) is 1. The quantitative estimate of drug-likeness (QED) is 0.763. The van der Waals surface area contributed by atoms with Crippen molar-refractivity contribution in [3.63, 3.8) is 0 Å². The Hall–Kier alpha value is -0.890. The smallest absolute Gasteiger partial charge is 0.100 e. The first kappa shape index (κ1) is 10.1. The molecule has 0 N–H and O–H groups in total. The molecule has 1 nitrogen and oxygen atoms in total. The van der Waals surface area contributed by atoms with E-state index in [1.807, 2.05) is 11.3 Å². The fraction of sp³-hybridized carbons (Fsp3) is 0.533. The van der Waals surface area contributed by atoms with Gasteiger partial charge in [0.2, 0.25) is 0 Å². The number of fused-ring (bicyclic) bond motifs is 1. The van der Waals surface area contributed by atoms with E-state index in [4.69, 9.17) is 4.98 Å². The van der Waals surface area contributed by atoms with Crippen molar-refractivity contribution in [1.29, 1.82) is 0 Å². The molecule has 0 radical (unpaired) electrons. The molecule has 5 rings (SSSR count). The molecule has 1 aromatic heterocycles. The minimum atomic E-state index is 0.480. The number of benzene rings is 1. The first-order valence-electron chi connectivity index (χ1n) is 6.50. The van der Waals surface area contributed by atoms with Crippen molar-refractivity contribution >= 4 is 21.6 Å². The number of thiazole rings is 1. The monoisotopic (exact) mass is 243 g/mol. The summed E-state index contributed by atoms with van der Waals surface area (Å²) < 4.78 is 1.35. The molecule has 2 aromatic rings. The third-order valence-electron chi connectivity index (χ3n) is 5.04. The molecule has 0 amide bonds. The molecule has 2 heteroatoms. The maximum Gasteiger partial charge on any atom is 0.100 e. The number of hydrogen-bond donors (Lipinski definition) is 0. The zero-order valence-electron chi connectivity index (χ0n) is 10.4. The second kappa shape index (κ2) is 2.92. The van der Waals surface area contributed by atoms with Gasteiger partial charge in [0.05, 0.1) is 10.2 Å².